The highest BCUT2D eigenvalue weighted by atomic mass is 32.1. The van der Waals surface area contributed by atoms with Gasteiger partial charge in [-0.3, -0.25) is 25.9 Å². The molecule has 1 aliphatic heterocycles. The third-order valence-corrected chi connectivity index (χ3v) is 6.01. The smallest absolute Gasteiger partial charge is 0.273 e. The van der Waals surface area contributed by atoms with Gasteiger partial charge >= 0.3 is 0 Å². The summed E-state index contributed by atoms with van der Waals surface area (Å²) >= 11 is 1.30. The zero-order valence-electron chi connectivity index (χ0n) is 15.8. The highest BCUT2D eigenvalue weighted by Crippen LogP contribution is 2.28. The number of aromatic nitrogens is 1. The van der Waals surface area contributed by atoms with E-state index in [9.17, 15) is 9.59 Å². The van der Waals surface area contributed by atoms with Crippen LogP contribution in [0.5, 0.6) is 0 Å². The van der Waals surface area contributed by atoms with Crippen molar-refractivity contribution in [3.8, 4) is 10.6 Å². The first kappa shape index (κ1) is 19.3. The van der Waals surface area contributed by atoms with E-state index in [0.717, 1.165) is 16.1 Å². The highest BCUT2D eigenvalue weighted by molar-refractivity contribution is 7.17. The molecule has 4 rings (SSSR count). The topological polar surface area (TPSA) is 95.2 Å². The predicted octanol–water partition coefficient (Wildman–Crippen LogP) is 2.34. The average molecular weight is 407 g/mol. The normalized spacial score (nSPS) is 18.4. The van der Waals surface area contributed by atoms with E-state index in [2.05, 4.69) is 26.7 Å². The van der Waals surface area contributed by atoms with Crippen molar-refractivity contribution in [2.45, 2.75) is 13.0 Å². The van der Waals surface area contributed by atoms with Crippen molar-refractivity contribution in [3.63, 3.8) is 0 Å². The summed E-state index contributed by atoms with van der Waals surface area (Å²) in [6.07, 6.45) is 0. The molecular weight excluding hydrogens is 386 g/mol. The Morgan fingerprint density at radius 1 is 1.03 bits per heavy atom. The lowest BCUT2D eigenvalue weighted by Crippen LogP contribution is -2.46. The highest BCUT2D eigenvalue weighted by Gasteiger charge is 2.34. The van der Waals surface area contributed by atoms with Gasteiger partial charge < -0.3 is 0 Å². The van der Waals surface area contributed by atoms with E-state index < -0.39 is 0 Å². The molecule has 4 N–H and O–H groups in total. The van der Waals surface area contributed by atoms with Crippen LogP contribution in [0, 0.1) is 12.8 Å². The summed E-state index contributed by atoms with van der Waals surface area (Å²) in [5.41, 5.74) is 13.8. The van der Waals surface area contributed by atoms with E-state index in [1.807, 2.05) is 60.7 Å². The van der Waals surface area contributed by atoms with Gasteiger partial charge in [-0.15, -0.1) is 11.3 Å². The van der Waals surface area contributed by atoms with Crippen molar-refractivity contribution in [2.24, 2.45) is 5.92 Å². The van der Waals surface area contributed by atoms with Crippen LogP contribution in [-0.4, -0.2) is 23.3 Å². The number of carbonyl (C=O) groups is 2. The number of amides is 2. The molecule has 0 spiro atoms. The molecule has 0 radical (unpaired) electrons. The summed E-state index contributed by atoms with van der Waals surface area (Å²) in [7, 11) is 0. The van der Waals surface area contributed by atoms with Gasteiger partial charge in [0.2, 0.25) is 5.91 Å². The summed E-state index contributed by atoms with van der Waals surface area (Å²) in [5.74, 6) is -0.971. The van der Waals surface area contributed by atoms with Gasteiger partial charge in [0.1, 0.15) is 9.88 Å². The Bertz CT molecular complexity index is 1010. The van der Waals surface area contributed by atoms with E-state index >= 15 is 0 Å². The van der Waals surface area contributed by atoms with Crippen molar-refractivity contribution in [1.82, 2.24) is 26.7 Å². The van der Waals surface area contributed by atoms with Gasteiger partial charge in [-0.05, 0) is 12.5 Å². The SMILES string of the molecule is Cc1nc(-c2ccccc2)sc1C(=O)NNC(=O)C1CNNC1c1ccccc1. The maximum Gasteiger partial charge on any atom is 0.281 e. The Balaban J connectivity index is 1.41. The van der Waals surface area contributed by atoms with Crippen LogP contribution >= 0.6 is 11.3 Å². The standard InChI is InChI=1S/C21H21N5O2S/c1-13-18(29-21(23-13)15-10-6-3-7-11-15)20(28)26-25-19(27)16-12-22-24-17(16)14-8-4-2-5-9-14/h2-11,16-17,22,24H,12H2,1H3,(H,25,27)(H,26,28). The first-order chi connectivity index (χ1) is 14.1. The zero-order chi connectivity index (χ0) is 20.2. The van der Waals surface area contributed by atoms with E-state index in [1.165, 1.54) is 11.3 Å². The summed E-state index contributed by atoms with van der Waals surface area (Å²) in [4.78, 5) is 30.2. The lowest BCUT2D eigenvalue weighted by molar-refractivity contribution is -0.125. The molecule has 2 unspecified atom stereocenters. The Kier molecular flexibility index (Phi) is 5.66. The molecule has 0 saturated carbocycles. The van der Waals surface area contributed by atoms with Crippen molar-refractivity contribution in [3.05, 3.63) is 76.8 Å². The molecule has 2 amide bonds. The quantitative estimate of drug-likeness (QED) is 0.498. The Morgan fingerprint density at radius 3 is 2.45 bits per heavy atom. The minimum absolute atomic E-state index is 0.164. The summed E-state index contributed by atoms with van der Waals surface area (Å²) in [6.45, 7) is 2.26. The number of hydrazine groups is 2. The number of rotatable bonds is 4. The average Bonchev–Trinajstić information content (AvgIpc) is 3.40. The summed E-state index contributed by atoms with van der Waals surface area (Å²) in [5, 5.41) is 0.771. The second kappa shape index (κ2) is 8.52. The maximum atomic E-state index is 12.7. The van der Waals surface area contributed by atoms with Crippen LogP contribution in [0.4, 0.5) is 0 Å². The Morgan fingerprint density at radius 2 is 1.72 bits per heavy atom. The molecule has 8 heteroatoms. The number of hydrogen-bond donors (Lipinski definition) is 4. The van der Waals surface area contributed by atoms with Crippen LogP contribution in [0.3, 0.4) is 0 Å². The molecule has 0 bridgehead atoms. The number of aryl methyl sites for hydroxylation is 1. The van der Waals surface area contributed by atoms with Gasteiger partial charge in [-0.25, -0.2) is 10.4 Å². The number of nitrogens with one attached hydrogen (secondary N) is 4. The van der Waals surface area contributed by atoms with Gasteiger partial charge in [-0.1, -0.05) is 60.7 Å². The summed E-state index contributed by atoms with van der Waals surface area (Å²) in [6, 6.07) is 19.3. The largest absolute Gasteiger partial charge is 0.281 e. The molecule has 2 heterocycles. The second-order valence-corrected chi connectivity index (χ2v) is 7.76. The van der Waals surface area contributed by atoms with Gasteiger partial charge in [0.15, 0.2) is 0 Å². The number of nitrogens with zero attached hydrogens (tertiary/aromatic N) is 1. The van der Waals surface area contributed by atoms with Gasteiger partial charge in [-0.2, -0.15) is 0 Å². The predicted molar refractivity (Wildman–Crippen MR) is 112 cm³/mol. The minimum Gasteiger partial charge on any atom is -0.273 e. The molecule has 7 nitrogen and oxygen atoms in total. The van der Waals surface area contributed by atoms with Crippen LogP contribution < -0.4 is 21.7 Å². The number of benzene rings is 2. The van der Waals surface area contributed by atoms with Crippen molar-refractivity contribution in [1.29, 1.82) is 0 Å². The second-order valence-electron chi connectivity index (χ2n) is 6.76. The molecule has 2 atom stereocenters. The fourth-order valence-electron chi connectivity index (χ4n) is 3.30. The molecule has 1 aromatic heterocycles. The molecule has 1 fully saturated rings. The van der Waals surface area contributed by atoms with Crippen molar-refractivity contribution in [2.75, 3.05) is 6.54 Å². The molecule has 29 heavy (non-hydrogen) atoms. The number of carbonyl (C=O) groups excluding carboxylic acids is 2. The van der Waals surface area contributed by atoms with Gasteiger partial charge in [0.05, 0.1) is 17.7 Å². The molecule has 3 aromatic rings. The molecule has 0 aliphatic carbocycles. The Hall–Kier alpha value is -3.07. The third-order valence-electron chi connectivity index (χ3n) is 4.80. The molecule has 1 aliphatic rings. The van der Waals surface area contributed by atoms with E-state index in [4.69, 9.17) is 0 Å². The third kappa shape index (κ3) is 4.19. The van der Waals surface area contributed by atoms with Crippen LogP contribution in [0.2, 0.25) is 0 Å². The Labute approximate surface area is 172 Å². The van der Waals surface area contributed by atoms with Crippen LogP contribution in [0.15, 0.2) is 60.7 Å². The lowest BCUT2D eigenvalue weighted by atomic mass is 9.94. The van der Waals surface area contributed by atoms with Crippen LogP contribution in [0.1, 0.15) is 27.0 Å². The van der Waals surface area contributed by atoms with Gasteiger partial charge in [0.25, 0.3) is 5.91 Å². The fourth-order valence-corrected chi connectivity index (χ4v) is 4.26. The number of hydrogen-bond acceptors (Lipinski definition) is 6. The lowest BCUT2D eigenvalue weighted by Gasteiger charge is -2.18. The zero-order valence-corrected chi connectivity index (χ0v) is 16.6. The van der Waals surface area contributed by atoms with Crippen molar-refractivity contribution >= 4 is 23.2 Å². The van der Waals surface area contributed by atoms with Gasteiger partial charge in [0, 0.05) is 12.1 Å². The first-order valence-corrected chi connectivity index (χ1v) is 10.1. The molecular formula is C21H21N5O2S. The maximum absolute atomic E-state index is 12.7. The van der Waals surface area contributed by atoms with E-state index in [-0.39, 0.29) is 23.8 Å². The summed E-state index contributed by atoms with van der Waals surface area (Å²) < 4.78 is 0. The number of thiazole rings is 1. The van der Waals surface area contributed by atoms with Crippen LogP contribution in [0.25, 0.3) is 10.6 Å². The fraction of sp³-hybridized carbons (Fsp3) is 0.190. The first-order valence-electron chi connectivity index (χ1n) is 9.30. The van der Waals surface area contributed by atoms with E-state index in [0.29, 0.717) is 17.1 Å². The van der Waals surface area contributed by atoms with E-state index in [1.54, 1.807) is 6.92 Å². The monoisotopic (exact) mass is 407 g/mol. The molecule has 148 valence electrons. The minimum atomic E-state index is -0.370. The molecule has 2 aromatic carbocycles. The van der Waals surface area contributed by atoms with Crippen LogP contribution in [-0.2, 0) is 4.79 Å². The molecule has 1 saturated heterocycles. The van der Waals surface area contributed by atoms with Crippen molar-refractivity contribution < 1.29 is 9.59 Å².